The molecule has 9 heteroatoms. The van der Waals surface area contributed by atoms with Crippen LogP contribution in [0.3, 0.4) is 0 Å². The fourth-order valence-electron chi connectivity index (χ4n) is 3.93. The average Bonchev–Trinajstić information content (AvgIpc) is 2.79. The number of amides is 3. The number of urea groups is 1. The Bertz CT molecular complexity index is 1030. The molecule has 0 aliphatic carbocycles. The van der Waals surface area contributed by atoms with Crippen molar-refractivity contribution in [3.63, 3.8) is 0 Å². The van der Waals surface area contributed by atoms with E-state index in [1.54, 1.807) is 24.3 Å². The highest BCUT2D eigenvalue weighted by atomic mass is 32.2. The fraction of sp³-hybridized carbons (Fsp3) is 0.391. The Kier molecular flexibility index (Phi) is 8.00. The summed E-state index contributed by atoms with van der Waals surface area (Å²) in [5.41, 5.74) is 1.78. The van der Waals surface area contributed by atoms with Gasteiger partial charge in [-0.2, -0.15) is 0 Å². The van der Waals surface area contributed by atoms with Gasteiger partial charge < -0.3 is 5.32 Å². The van der Waals surface area contributed by atoms with Crippen LogP contribution in [0.25, 0.3) is 0 Å². The van der Waals surface area contributed by atoms with Crippen molar-refractivity contribution >= 4 is 22.0 Å². The van der Waals surface area contributed by atoms with Crippen molar-refractivity contribution in [1.29, 1.82) is 0 Å². The highest BCUT2D eigenvalue weighted by Gasteiger charge is 2.33. The van der Waals surface area contributed by atoms with Crippen molar-refractivity contribution in [2.24, 2.45) is 5.92 Å². The molecular formula is C23H30N4O4S. The van der Waals surface area contributed by atoms with Crippen LogP contribution in [0.1, 0.15) is 30.0 Å². The molecule has 3 N–H and O–H groups in total. The molecule has 0 radical (unpaired) electrons. The molecule has 0 bridgehead atoms. The summed E-state index contributed by atoms with van der Waals surface area (Å²) in [5.74, 6) is -0.362. The molecule has 1 aliphatic rings. The summed E-state index contributed by atoms with van der Waals surface area (Å²) in [7, 11) is -2.15. The summed E-state index contributed by atoms with van der Waals surface area (Å²) in [6.45, 7) is 3.41. The molecule has 8 nitrogen and oxygen atoms in total. The van der Waals surface area contributed by atoms with Gasteiger partial charge in [0.15, 0.2) is 0 Å². The lowest BCUT2D eigenvalue weighted by atomic mass is 9.94. The molecule has 1 fully saturated rings. The maximum absolute atomic E-state index is 12.9. The molecular weight excluding hydrogens is 428 g/mol. The van der Waals surface area contributed by atoms with Crippen LogP contribution in [-0.4, -0.2) is 51.9 Å². The normalized spacial score (nSPS) is 18.0. The van der Waals surface area contributed by atoms with E-state index in [0.29, 0.717) is 13.1 Å². The van der Waals surface area contributed by atoms with Gasteiger partial charge in [-0.3, -0.25) is 15.0 Å². The predicted octanol–water partition coefficient (Wildman–Crippen LogP) is 2.18. The molecule has 2 aromatic carbocycles. The van der Waals surface area contributed by atoms with Gasteiger partial charge in [0.1, 0.15) is 6.04 Å². The maximum Gasteiger partial charge on any atom is 0.321 e. The summed E-state index contributed by atoms with van der Waals surface area (Å²) in [5, 5.41) is 4.78. The molecule has 3 rings (SSSR count). The van der Waals surface area contributed by atoms with Crippen LogP contribution in [0.4, 0.5) is 4.79 Å². The summed E-state index contributed by atoms with van der Waals surface area (Å²) in [6, 6.07) is 14.8. The van der Waals surface area contributed by atoms with E-state index in [9.17, 15) is 18.0 Å². The molecule has 1 heterocycles. The number of nitrogens with one attached hydrogen (secondary N) is 3. The van der Waals surface area contributed by atoms with Crippen molar-refractivity contribution in [3.05, 3.63) is 65.7 Å². The predicted molar refractivity (Wildman–Crippen MR) is 122 cm³/mol. The molecule has 2 unspecified atom stereocenters. The van der Waals surface area contributed by atoms with E-state index in [-0.39, 0.29) is 17.4 Å². The quantitative estimate of drug-likeness (QED) is 0.590. The first-order chi connectivity index (χ1) is 15.3. The van der Waals surface area contributed by atoms with Gasteiger partial charge in [0.25, 0.3) is 0 Å². The van der Waals surface area contributed by atoms with Crippen LogP contribution in [0, 0.1) is 12.8 Å². The van der Waals surface area contributed by atoms with E-state index in [0.717, 1.165) is 24.0 Å². The number of likely N-dealkylation sites (tertiary alicyclic amines) is 1. The number of hydrogen-bond donors (Lipinski definition) is 3. The van der Waals surface area contributed by atoms with E-state index in [1.165, 1.54) is 7.05 Å². The fourth-order valence-corrected chi connectivity index (χ4v) is 5.05. The monoisotopic (exact) mass is 458 g/mol. The largest absolute Gasteiger partial charge is 0.341 e. The number of piperidine rings is 1. The number of sulfonamides is 1. The first kappa shape index (κ1) is 23.9. The van der Waals surface area contributed by atoms with Gasteiger partial charge in [0.2, 0.25) is 15.9 Å². The number of carbonyl (C=O) groups is 2. The van der Waals surface area contributed by atoms with Crippen molar-refractivity contribution < 1.29 is 18.0 Å². The highest BCUT2D eigenvalue weighted by molar-refractivity contribution is 7.89. The lowest BCUT2D eigenvalue weighted by Gasteiger charge is -2.37. The lowest BCUT2D eigenvalue weighted by Crippen LogP contribution is -2.49. The molecule has 1 aliphatic heterocycles. The molecule has 32 heavy (non-hydrogen) atoms. The number of nitrogens with zero attached hydrogens (tertiary/aromatic N) is 1. The van der Waals surface area contributed by atoms with E-state index >= 15 is 0 Å². The molecule has 0 spiro atoms. The van der Waals surface area contributed by atoms with Crippen LogP contribution < -0.4 is 15.4 Å². The summed E-state index contributed by atoms with van der Waals surface area (Å²) in [6.07, 6.45) is 1.68. The molecule has 2 aromatic rings. The van der Waals surface area contributed by atoms with Crippen molar-refractivity contribution in [3.8, 4) is 0 Å². The van der Waals surface area contributed by atoms with Crippen molar-refractivity contribution in [2.75, 3.05) is 26.7 Å². The standard InChI is InChI=1S/C23H30N4O4S/c1-17-10-12-20(13-11-17)32(30,31)25-15-18-7-6-14-27(16-18)21(19-8-4-3-5-9-19)22(28)26-23(29)24-2/h3-5,8-13,18,21,25H,6-7,14-16H2,1-2H3,(H2,24,26,28,29). The van der Waals surface area contributed by atoms with Gasteiger partial charge in [0, 0.05) is 20.1 Å². The van der Waals surface area contributed by atoms with E-state index in [2.05, 4.69) is 15.4 Å². The van der Waals surface area contributed by atoms with E-state index in [1.807, 2.05) is 42.2 Å². The van der Waals surface area contributed by atoms with Gasteiger partial charge >= 0.3 is 6.03 Å². The van der Waals surface area contributed by atoms with Gasteiger partial charge in [-0.25, -0.2) is 17.9 Å². The number of aryl methyl sites for hydroxylation is 1. The Morgan fingerprint density at radius 1 is 1.09 bits per heavy atom. The molecule has 2 atom stereocenters. The third kappa shape index (κ3) is 6.15. The third-order valence-corrected chi connectivity index (χ3v) is 7.08. The minimum absolute atomic E-state index is 0.0444. The Morgan fingerprint density at radius 2 is 1.78 bits per heavy atom. The molecule has 3 amide bonds. The molecule has 0 saturated carbocycles. The zero-order valence-electron chi connectivity index (χ0n) is 18.4. The smallest absolute Gasteiger partial charge is 0.321 e. The number of rotatable bonds is 7. The van der Waals surface area contributed by atoms with E-state index in [4.69, 9.17) is 0 Å². The van der Waals surface area contributed by atoms with Crippen molar-refractivity contribution in [1.82, 2.24) is 20.3 Å². The number of imide groups is 1. The Hall–Kier alpha value is -2.75. The van der Waals surface area contributed by atoms with Crippen LogP contribution in [0.5, 0.6) is 0 Å². The van der Waals surface area contributed by atoms with Crippen LogP contribution >= 0.6 is 0 Å². The van der Waals surface area contributed by atoms with Crippen LogP contribution in [-0.2, 0) is 14.8 Å². The first-order valence-corrected chi connectivity index (χ1v) is 12.2. The maximum atomic E-state index is 12.9. The van der Waals surface area contributed by atoms with Crippen LogP contribution in [0.15, 0.2) is 59.5 Å². The Morgan fingerprint density at radius 3 is 2.44 bits per heavy atom. The minimum Gasteiger partial charge on any atom is -0.341 e. The molecule has 0 aromatic heterocycles. The second kappa shape index (κ2) is 10.7. The molecule has 172 valence electrons. The summed E-state index contributed by atoms with van der Waals surface area (Å²) >= 11 is 0. The number of benzene rings is 2. The second-order valence-electron chi connectivity index (χ2n) is 8.05. The third-order valence-electron chi connectivity index (χ3n) is 5.64. The second-order valence-corrected chi connectivity index (χ2v) is 9.82. The SMILES string of the molecule is CNC(=O)NC(=O)C(c1ccccc1)N1CCCC(CNS(=O)(=O)c2ccc(C)cc2)C1. The summed E-state index contributed by atoms with van der Waals surface area (Å²) in [4.78, 5) is 26.9. The number of hydrogen-bond acceptors (Lipinski definition) is 5. The van der Waals surface area contributed by atoms with Gasteiger partial charge in [0.05, 0.1) is 4.90 Å². The van der Waals surface area contributed by atoms with Crippen molar-refractivity contribution in [2.45, 2.75) is 30.7 Å². The zero-order chi connectivity index (χ0) is 23.1. The van der Waals surface area contributed by atoms with Gasteiger partial charge in [-0.15, -0.1) is 0 Å². The lowest BCUT2D eigenvalue weighted by molar-refractivity contribution is -0.126. The minimum atomic E-state index is -3.60. The first-order valence-electron chi connectivity index (χ1n) is 10.7. The van der Waals surface area contributed by atoms with E-state index < -0.39 is 28.0 Å². The number of carbonyl (C=O) groups excluding carboxylic acids is 2. The summed E-state index contributed by atoms with van der Waals surface area (Å²) < 4.78 is 28.0. The topological polar surface area (TPSA) is 108 Å². The Labute approximate surface area is 189 Å². The zero-order valence-corrected chi connectivity index (χ0v) is 19.2. The highest BCUT2D eigenvalue weighted by Crippen LogP contribution is 2.27. The Balaban J connectivity index is 1.71. The van der Waals surface area contributed by atoms with Crippen LogP contribution in [0.2, 0.25) is 0 Å². The average molecular weight is 459 g/mol. The molecule has 1 saturated heterocycles. The van der Waals surface area contributed by atoms with Gasteiger partial charge in [-0.1, -0.05) is 48.0 Å². The van der Waals surface area contributed by atoms with Gasteiger partial charge in [-0.05, 0) is 49.9 Å².